The minimum absolute atomic E-state index is 0.567. The van der Waals surface area contributed by atoms with Crippen LogP contribution >= 0.6 is 11.6 Å². The number of anilines is 3. The van der Waals surface area contributed by atoms with Crippen molar-refractivity contribution in [2.45, 2.75) is 39.7 Å². The van der Waals surface area contributed by atoms with Crippen molar-refractivity contribution in [1.29, 1.82) is 0 Å². The first-order valence-corrected chi connectivity index (χ1v) is 7.55. The molecule has 4 nitrogen and oxygen atoms in total. The number of aryl methyl sites for hydroxylation is 3. The maximum absolute atomic E-state index is 6.32. The third kappa shape index (κ3) is 3.45. The second kappa shape index (κ2) is 5.53. The molecule has 0 unspecified atom stereocenters. The van der Waals surface area contributed by atoms with Crippen molar-refractivity contribution in [2.24, 2.45) is 0 Å². The second-order valence-electron chi connectivity index (χ2n) is 5.70. The van der Waals surface area contributed by atoms with Gasteiger partial charge in [0, 0.05) is 17.8 Å². The highest BCUT2D eigenvalue weighted by Crippen LogP contribution is 2.30. The minimum Gasteiger partial charge on any atom is -0.367 e. The molecule has 21 heavy (non-hydrogen) atoms. The van der Waals surface area contributed by atoms with Crippen LogP contribution in [0.15, 0.2) is 18.2 Å². The zero-order chi connectivity index (χ0) is 15.0. The van der Waals surface area contributed by atoms with E-state index in [2.05, 4.69) is 26.7 Å². The van der Waals surface area contributed by atoms with Crippen LogP contribution in [0, 0.1) is 20.8 Å². The van der Waals surface area contributed by atoms with Gasteiger partial charge < -0.3 is 10.6 Å². The summed E-state index contributed by atoms with van der Waals surface area (Å²) in [6.45, 7) is 6.03. The lowest BCUT2D eigenvalue weighted by Crippen LogP contribution is -2.07. The van der Waals surface area contributed by atoms with E-state index < -0.39 is 0 Å². The van der Waals surface area contributed by atoms with E-state index in [1.165, 1.54) is 12.8 Å². The average molecular weight is 303 g/mol. The van der Waals surface area contributed by atoms with Crippen molar-refractivity contribution in [1.82, 2.24) is 9.97 Å². The van der Waals surface area contributed by atoms with Gasteiger partial charge in [0.2, 0.25) is 5.95 Å². The van der Waals surface area contributed by atoms with Crippen LogP contribution in [0.5, 0.6) is 0 Å². The fourth-order valence-electron chi connectivity index (χ4n) is 2.32. The zero-order valence-electron chi connectivity index (χ0n) is 12.5. The van der Waals surface area contributed by atoms with E-state index in [-0.39, 0.29) is 0 Å². The van der Waals surface area contributed by atoms with Crippen LogP contribution in [-0.4, -0.2) is 16.0 Å². The number of halogens is 1. The van der Waals surface area contributed by atoms with Crippen molar-refractivity contribution >= 4 is 29.1 Å². The fraction of sp³-hybridized carbons (Fsp3) is 0.375. The smallest absolute Gasteiger partial charge is 0.229 e. The Labute approximate surface area is 130 Å². The molecule has 2 aromatic rings. The van der Waals surface area contributed by atoms with Gasteiger partial charge in [0.15, 0.2) is 0 Å². The predicted octanol–water partition coefficient (Wildman–Crippen LogP) is 4.37. The van der Waals surface area contributed by atoms with Crippen LogP contribution < -0.4 is 10.6 Å². The Bertz CT molecular complexity index is 657. The molecule has 3 rings (SSSR count). The van der Waals surface area contributed by atoms with Gasteiger partial charge in [-0.15, -0.1) is 0 Å². The Hall–Kier alpha value is -1.81. The third-order valence-corrected chi connectivity index (χ3v) is 3.75. The summed E-state index contributed by atoms with van der Waals surface area (Å²) < 4.78 is 0. The molecular weight excluding hydrogens is 284 g/mol. The first kappa shape index (κ1) is 14.1. The van der Waals surface area contributed by atoms with Crippen LogP contribution in [-0.2, 0) is 0 Å². The number of nitrogens with zero attached hydrogens (tertiary/aromatic N) is 2. The highest BCUT2D eigenvalue weighted by molar-refractivity contribution is 6.33. The van der Waals surface area contributed by atoms with E-state index in [1.54, 1.807) is 0 Å². The average Bonchev–Trinajstić information content (AvgIpc) is 3.17. The first-order valence-electron chi connectivity index (χ1n) is 7.17. The molecule has 1 fully saturated rings. The summed E-state index contributed by atoms with van der Waals surface area (Å²) in [6.07, 6.45) is 2.43. The molecule has 1 aromatic heterocycles. The minimum atomic E-state index is 0.567. The topological polar surface area (TPSA) is 49.8 Å². The molecule has 1 aliphatic rings. The molecule has 0 spiro atoms. The number of nitrogens with one attached hydrogen (secondary N) is 2. The van der Waals surface area contributed by atoms with E-state index in [4.69, 9.17) is 11.6 Å². The summed E-state index contributed by atoms with van der Waals surface area (Å²) in [7, 11) is 0. The van der Waals surface area contributed by atoms with Gasteiger partial charge in [0.25, 0.3) is 0 Å². The molecule has 1 saturated carbocycles. The Morgan fingerprint density at radius 3 is 2.52 bits per heavy atom. The number of benzene rings is 1. The zero-order valence-corrected chi connectivity index (χ0v) is 13.3. The Morgan fingerprint density at radius 2 is 1.86 bits per heavy atom. The predicted molar refractivity (Wildman–Crippen MR) is 87.6 cm³/mol. The molecule has 0 radical (unpaired) electrons. The van der Waals surface area contributed by atoms with Crippen molar-refractivity contribution in [2.75, 3.05) is 10.6 Å². The lowest BCUT2D eigenvalue weighted by Gasteiger charge is -2.13. The van der Waals surface area contributed by atoms with Crippen LogP contribution in [0.4, 0.5) is 17.5 Å². The molecule has 0 aliphatic heterocycles. The lowest BCUT2D eigenvalue weighted by atomic mass is 10.1. The third-order valence-electron chi connectivity index (χ3n) is 3.45. The molecule has 1 heterocycles. The quantitative estimate of drug-likeness (QED) is 0.880. The number of rotatable bonds is 4. The summed E-state index contributed by atoms with van der Waals surface area (Å²) >= 11 is 6.32. The normalized spacial score (nSPS) is 14.1. The van der Waals surface area contributed by atoms with E-state index in [0.29, 0.717) is 17.0 Å². The largest absolute Gasteiger partial charge is 0.367 e. The van der Waals surface area contributed by atoms with E-state index >= 15 is 0 Å². The summed E-state index contributed by atoms with van der Waals surface area (Å²) in [5.41, 5.74) is 4.02. The lowest BCUT2D eigenvalue weighted by molar-refractivity contribution is 1.06. The van der Waals surface area contributed by atoms with Crippen molar-refractivity contribution < 1.29 is 0 Å². The first-order chi connectivity index (χ1) is 10.0. The van der Waals surface area contributed by atoms with Gasteiger partial charge in [-0.05, 0) is 50.8 Å². The van der Waals surface area contributed by atoms with Crippen LogP contribution in [0.2, 0.25) is 5.02 Å². The Balaban J connectivity index is 1.88. The molecule has 0 saturated heterocycles. The second-order valence-corrected chi connectivity index (χ2v) is 6.11. The van der Waals surface area contributed by atoms with Crippen LogP contribution in [0.25, 0.3) is 0 Å². The summed E-state index contributed by atoms with van der Waals surface area (Å²) in [5.74, 6) is 1.44. The van der Waals surface area contributed by atoms with Gasteiger partial charge in [-0.25, -0.2) is 4.98 Å². The number of aromatic nitrogens is 2. The van der Waals surface area contributed by atoms with E-state index in [1.807, 2.05) is 32.9 Å². The molecule has 5 heteroatoms. The molecule has 110 valence electrons. The Kier molecular flexibility index (Phi) is 3.72. The van der Waals surface area contributed by atoms with Gasteiger partial charge in [0.05, 0.1) is 10.7 Å². The SMILES string of the molecule is Cc1cc(C)c(Nc2nc(C)cc(NC3CC3)n2)c(Cl)c1. The molecule has 1 aliphatic carbocycles. The highest BCUT2D eigenvalue weighted by atomic mass is 35.5. The summed E-state index contributed by atoms with van der Waals surface area (Å²) in [4.78, 5) is 8.96. The van der Waals surface area contributed by atoms with Gasteiger partial charge in [-0.2, -0.15) is 4.98 Å². The van der Waals surface area contributed by atoms with Gasteiger partial charge in [-0.3, -0.25) is 0 Å². The molecule has 0 bridgehead atoms. The van der Waals surface area contributed by atoms with Crippen molar-refractivity contribution in [3.05, 3.63) is 40.0 Å². The summed E-state index contributed by atoms with van der Waals surface area (Å²) in [5, 5.41) is 7.33. The Morgan fingerprint density at radius 1 is 1.10 bits per heavy atom. The number of hydrogen-bond acceptors (Lipinski definition) is 4. The van der Waals surface area contributed by atoms with Crippen LogP contribution in [0.1, 0.15) is 29.7 Å². The van der Waals surface area contributed by atoms with Crippen LogP contribution in [0.3, 0.4) is 0 Å². The van der Waals surface area contributed by atoms with E-state index in [0.717, 1.165) is 28.3 Å². The monoisotopic (exact) mass is 302 g/mol. The molecular formula is C16H19ClN4. The molecule has 0 amide bonds. The van der Waals surface area contributed by atoms with Gasteiger partial charge in [0.1, 0.15) is 5.82 Å². The highest BCUT2D eigenvalue weighted by Gasteiger charge is 2.21. The summed E-state index contributed by atoms with van der Waals surface area (Å²) in [6, 6.07) is 6.56. The van der Waals surface area contributed by atoms with Crippen molar-refractivity contribution in [3.8, 4) is 0 Å². The maximum atomic E-state index is 6.32. The van der Waals surface area contributed by atoms with Gasteiger partial charge in [-0.1, -0.05) is 17.7 Å². The number of hydrogen-bond donors (Lipinski definition) is 2. The fourth-order valence-corrected chi connectivity index (χ4v) is 2.69. The molecule has 2 N–H and O–H groups in total. The standard InChI is InChI=1S/C16H19ClN4/c1-9-6-10(2)15(13(17)7-9)21-16-18-11(3)8-14(20-16)19-12-4-5-12/h6-8,12H,4-5H2,1-3H3,(H2,18,19,20,21). The molecule has 1 aromatic carbocycles. The van der Waals surface area contributed by atoms with Gasteiger partial charge >= 0.3 is 0 Å². The maximum Gasteiger partial charge on any atom is 0.229 e. The van der Waals surface area contributed by atoms with Crippen molar-refractivity contribution in [3.63, 3.8) is 0 Å². The molecule has 0 atom stereocenters. The van der Waals surface area contributed by atoms with E-state index in [9.17, 15) is 0 Å².